The van der Waals surface area contributed by atoms with Crippen LogP contribution in [0, 0.1) is 6.92 Å². The summed E-state index contributed by atoms with van der Waals surface area (Å²) in [6.45, 7) is 1.92. The molecule has 0 fully saturated rings. The first kappa shape index (κ1) is 13.6. The molecule has 0 saturated carbocycles. The number of nitrogen functional groups attached to an aromatic ring is 1. The summed E-state index contributed by atoms with van der Waals surface area (Å²) in [5, 5.41) is 11.7. The normalized spacial score (nSPS) is 10.1. The number of carbonyl (C=O) groups is 2. The minimum atomic E-state index is -1.12. The predicted molar refractivity (Wildman–Crippen MR) is 76.9 cm³/mol. The van der Waals surface area contributed by atoms with Gasteiger partial charge in [-0.05, 0) is 37.3 Å². The highest BCUT2D eigenvalue weighted by atomic mass is 16.4. The lowest BCUT2D eigenvalue weighted by molar-refractivity contribution is 0.0698. The summed E-state index contributed by atoms with van der Waals surface area (Å²) in [7, 11) is 0. The number of anilines is 2. The molecule has 0 spiro atoms. The number of aromatic carboxylic acids is 1. The third-order valence-electron chi connectivity index (χ3n) is 2.84. The van der Waals surface area contributed by atoms with Gasteiger partial charge in [-0.2, -0.15) is 0 Å². The van der Waals surface area contributed by atoms with Crippen molar-refractivity contribution in [2.75, 3.05) is 11.1 Å². The average Bonchev–Trinajstić information content (AvgIpc) is 2.39. The lowest BCUT2D eigenvalue weighted by atomic mass is 10.1. The number of rotatable bonds is 3. The van der Waals surface area contributed by atoms with E-state index in [-0.39, 0.29) is 17.2 Å². The van der Waals surface area contributed by atoms with E-state index in [0.29, 0.717) is 11.3 Å². The molecular formula is C15H14N2O3. The molecule has 0 heterocycles. The van der Waals surface area contributed by atoms with Crippen molar-refractivity contribution in [2.45, 2.75) is 6.92 Å². The van der Waals surface area contributed by atoms with Gasteiger partial charge in [-0.15, -0.1) is 0 Å². The van der Waals surface area contributed by atoms with E-state index in [4.69, 9.17) is 10.8 Å². The Bertz CT molecular complexity index is 663. The van der Waals surface area contributed by atoms with Crippen LogP contribution in [0.2, 0.25) is 0 Å². The van der Waals surface area contributed by atoms with Gasteiger partial charge in [-0.3, -0.25) is 4.79 Å². The number of benzene rings is 2. The lowest BCUT2D eigenvalue weighted by Crippen LogP contribution is -2.15. The number of carboxylic acid groups (broad SMARTS) is 1. The van der Waals surface area contributed by atoms with E-state index in [1.165, 1.54) is 18.2 Å². The number of nitrogens with two attached hydrogens (primary N) is 1. The number of hydrogen-bond donors (Lipinski definition) is 3. The second-order valence-electron chi connectivity index (χ2n) is 4.43. The molecule has 20 heavy (non-hydrogen) atoms. The van der Waals surface area contributed by atoms with Crippen molar-refractivity contribution in [1.82, 2.24) is 0 Å². The van der Waals surface area contributed by atoms with Crippen molar-refractivity contribution in [1.29, 1.82) is 0 Å². The highest BCUT2D eigenvalue weighted by Gasteiger charge is 2.13. The molecule has 2 aromatic carbocycles. The number of carbonyl (C=O) groups excluding carboxylic acids is 1. The molecule has 0 aliphatic rings. The first-order chi connectivity index (χ1) is 9.47. The fraction of sp³-hybridized carbons (Fsp3) is 0.0667. The Morgan fingerprint density at radius 2 is 1.75 bits per heavy atom. The Kier molecular flexibility index (Phi) is 3.70. The maximum Gasteiger partial charge on any atom is 0.337 e. The molecule has 5 nitrogen and oxygen atoms in total. The third-order valence-corrected chi connectivity index (χ3v) is 2.84. The summed E-state index contributed by atoms with van der Waals surface area (Å²) in [6, 6.07) is 11.2. The van der Waals surface area contributed by atoms with Gasteiger partial charge in [0.15, 0.2) is 0 Å². The zero-order valence-electron chi connectivity index (χ0n) is 10.9. The van der Waals surface area contributed by atoms with Crippen LogP contribution in [0.1, 0.15) is 26.3 Å². The second-order valence-corrected chi connectivity index (χ2v) is 4.43. The van der Waals surface area contributed by atoms with Crippen molar-refractivity contribution >= 4 is 23.3 Å². The smallest absolute Gasteiger partial charge is 0.337 e. The summed E-state index contributed by atoms with van der Waals surface area (Å²) in [4.78, 5) is 23.2. The topological polar surface area (TPSA) is 92.4 Å². The highest BCUT2D eigenvalue weighted by Crippen LogP contribution is 2.20. The monoisotopic (exact) mass is 270 g/mol. The summed E-state index contributed by atoms with van der Waals surface area (Å²) in [5.41, 5.74) is 7.68. The first-order valence-electron chi connectivity index (χ1n) is 5.98. The quantitative estimate of drug-likeness (QED) is 0.747. The summed E-state index contributed by atoms with van der Waals surface area (Å²) >= 11 is 0. The fourth-order valence-electron chi connectivity index (χ4n) is 1.75. The molecular weight excluding hydrogens is 256 g/mol. The third kappa shape index (κ3) is 2.95. The van der Waals surface area contributed by atoms with Gasteiger partial charge in [0, 0.05) is 11.3 Å². The molecule has 0 unspecified atom stereocenters. The maximum absolute atomic E-state index is 12.1. The van der Waals surface area contributed by atoms with Crippen LogP contribution < -0.4 is 11.1 Å². The van der Waals surface area contributed by atoms with Gasteiger partial charge >= 0.3 is 5.97 Å². The molecule has 0 aromatic heterocycles. The minimum Gasteiger partial charge on any atom is -0.478 e. The first-order valence-corrected chi connectivity index (χ1v) is 5.98. The van der Waals surface area contributed by atoms with E-state index in [1.807, 2.05) is 19.1 Å². The second kappa shape index (κ2) is 5.44. The van der Waals surface area contributed by atoms with Gasteiger partial charge < -0.3 is 16.2 Å². The molecule has 5 heteroatoms. The van der Waals surface area contributed by atoms with Crippen LogP contribution in [0.5, 0.6) is 0 Å². The Morgan fingerprint density at radius 3 is 2.35 bits per heavy atom. The van der Waals surface area contributed by atoms with Crippen molar-refractivity contribution in [3.05, 3.63) is 59.2 Å². The van der Waals surface area contributed by atoms with Crippen LogP contribution >= 0.6 is 0 Å². The van der Waals surface area contributed by atoms with Gasteiger partial charge in [-0.1, -0.05) is 17.7 Å². The van der Waals surface area contributed by atoms with E-state index in [1.54, 1.807) is 12.1 Å². The predicted octanol–water partition coefficient (Wildman–Crippen LogP) is 2.53. The molecule has 4 N–H and O–H groups in total. The molecule has 2 aromatic rings. The molecule has 0 aliphatic carbocycles. The van der Waals surface area contributed by atoms with Crippen LogP contribution in [0.25, 0.3) is 0 Å². The minimum absolute atomic E-state index is 0.000313. The van der Waals surface area contributed by atoms with Gasteiger partial charge in [0.05, 0.1) is 11.3 Å². The van der Waals surface area contributed by atoms with Gasteiger partial charge in [0.1, 0.15) is 0 Å². The Morgan fingerprint density at radius 1 is 1.10 bits per heavy atom. The van der Waals surface area contributed by atoms with Crippen LogP contribution in [0.4, 0.5) is 11.4 Å². The number of carboxylic acids is 1. The van der Waals surface area contributed by atoms with E-state index in [9.17, 15) is 9.59 Å². The molecule has 2 rings (SSSR count). The van der Waals surface area contributed by atoms with Gasteiger partial charge in [-0.25, -0.2) is 4.79 Å². The number of hydrogen-bond acceptors (Lipinski definition) is 3. The Labute approximate surface area is 116 Å². The van der Waals surface area contributed by atoms with Crippen LogP contribution in [-0.2, 0) is 0 Å². The maximum atomic E-state index is 12.1. The number of aryl methyl sites for hydroxylation is 1. The molecule has 0 atom stereocenters. The van der Waals surface area contributed by atoms with Gasteiger partial charge in [0.2, 0.25) is 0 Å². The molecule has 0 aliphatic heterocycles. The highest BCUT2D eigenvalue weighted by molar-refractivity contribution is 6.08. The Hall–Kier alpha value is -2.82. The van der Waals surface area contributed by atoms with Crippen LogP contribution in [0.15, 0.2) is 42.5 Å². The summed E-state index contributed by atoms with van der Waals surface area (Å²) in [5.74, 6) is -1.50. The molecule has 1 amide bonds. The summed E-state index contributed by atoms with van der Waals surface area (Å²) in [6.07, 6.45) is 0. The fourth-order valence-corrected chi connectivity index (χ4v) is 1.75. The molecule has 0 bridgehead atoms. The standard InChI is InChI=1S/C15H14N2O3/c1-9-2-4-10(5-3-9)14(18)17-13-8-11(16)6-7-12(13)15(19)20/h2-8H,16H2,1H3,(H,17,18)(H,19,20). The SMILES string of the molecule is Cc1ccc(C(=O)Nc2cc(N)ccc2C(=O)O)cc1. The average molecular weight is 270 g/mol. The zero-order chi connectivity index (χ0) is 14.7. The lowest BCUT2D eigenvalue weighted by Gasteiger charge is -2.09. The van der Waals surface area contributed by atoms with Crippen molar-refractivity contribution in [3.8, 4) is 0 Å². The Balaban J connectivity index is 2.29. The van der Waals surface area contributed by atoms with Gasteiger partial charge in [0.25, 0.3) is 5.91 Å². The summed E-state index contributed by atoms with van der Waals surface area (Å²) < 4.78 is 0. The van der Waals surface area contributed by atoms with E-state index in [2.05, 4.69) is 5.32 Å². The van der Waals surface area contributed by atoms with Crippen molar-refractivity contribution < 1.29 is 14.7 Å². The molecule has 0 saturated heterocycles. The number of nitrogens with one attached hydrogen (secondary N) is 1. The van der Waals surface area contributed by atoms with E-state index >= 15 is 0 Å². The van der Waals surface area contributed by atoms with Crippen molar-refractivity contribution in [2.24, 2.45) is 0 Å². The van der Waals surface area contributed by atoms with Crippen LogP contribution in [0.3, 0.4) is 0 Å². The van der Waals surface area contributed by atoms with E-state index < -0.39 is 5.97 Å². The van der Waals surface area contributed by atoms with Crippen LogP contribution in [-0.4, -0.2) is 17.0 Å². The largest absolute Gasteiger partial charge is 0.478 e. The van der Waals surface area contributed by atoms with E-state index in [0.717, 1.165) is 5.56 Å². The van der Waals surface area contributed by atoms with Crippen molar-refractivity contribution in [3.63, 3.8) is 0 Å². The molecule has 0 radical (unpaired) electrons. The molecule has 102 valence electrons. The number of amides is 1. The zero-order valence-corrected chi connectivity index (χ0v) is 10.9.